The van der Waals surface area contributed by atoms with Gasteiger partial charge in [-0.15, -0.1) is 0 Å². The van der Waals surface area contributed by atoms with E-state index in [1.807, 2.05) is 6.92 Å². The molecule has 0 bridgehead atoms. The van der Waals surface area contributed by atoms with E-state index in [0.717, 1.165) is 26.1 Å². The number of hydrogen-bond donors (Lipinski definition) is 1. The van der Waals surface area contributed by atoms with Crippen molar-refractivity contribution in [1.29, 1.82) is 0 Å². The van der Waals surface area contributed by atoms with Crippen LogP contribution in [0, 0.1) is 0 Å². The highest BCUT2D eigenvalue weighted by Gasteiger charge is 2.22. The lowest BCUT2D eigenvalue weighted by Crippen LogP contribution is -2.36. The van der Waals surface area contributed by atoms with Crippen LogP contribution < -0.4 is 5.32 Å². The summed E-state index contributed by atoms with van der Waals surface area (Å²) in [5.41, 5.74) is 0. The van der Waals surface area contributed by atoms with E-state index in [4.69, 9.17) is 18.9 Å². The van der Waals surface area contributed by atoms with Gasteiger partial charge in [0.1, 0.15) is 0 Å². The molecule has 0 radical (unpaired) electrons. The third-order valence-corrected chi connectivity index (χ3v) is 2.54. The van der Waals surface area contributed by atoms with Crippen molar-refractivity contribution in [1.82, 2.24) is 5.32 Å². The zero-order valence-electron chi connectivity index (χ0n) is 11.8. The second-order valence-electron chi connectivity index (χ2n) is 4.54. The summed E-state index contributed by atoms with van der Waals surface area (Å²) < 4.78 is 22.2. The van der Waals surface area contributed by atoms with Gasteiger partial charge < -0.3 is 24.3 Å². The van der Waals surface area contributed by atoms with Gasteiger partial charge in [0.25, 0.3) is 0 Å². The minimum Gasteiger partial charge on any atom is -0.351 e. The van der Waals surface area contributed by atoms with Gasteiger partial charge in [0, 0.05) is 26.3 Å². The van der Waals surface area contributed by atoms with Crippen molar-refractivity contribution in [3.05, 3.63) is 0 Å². The summed E-state index contributed by atoms with van der Waals surface area (Å²) >= 11 is 0. The minimum atomic E-state index is -0.177. The Morgan fingerprint density at radius 3 is 2.39 bits per heavy atom. The van der Waals surface area contributed by atoms with E-state index in [2.05, 4.69) is 19.2 Å². The van der Waals surface area contributed by atoms with E-state index < -0.39 is 0 Å². The molecular weight excluding hydrogens is 234 g/mol. The van der Waals surface area contributed by atoms with Crippen LogP contribution in [0.25, 0.3) is 0 Å². The van der Waals surface area contributed by atoms with Gasteiger partial charge in [0.05, 0.1) is 12.7 Å². The Labute approximate surface area is 110 Å². The zero-order valence-corrected chi connectivity index (χ0v) is 11.8. The molecule has 0 spiro atoms. The molecular formula is C13H27NO4. The van der Waals surface area contributed by atoms with Crippen molar-refractivity contribution in [2.24, 2.45) is 0 Å². The lowest BCUT2D eigenvalue weighted by molar-refractivity contribution is -0.141. The third kappa shape index (κ3) is 6.66. The van der Waals surface area contributed by atoms with Crippen molar-refractivity contribution >= 4 is 0 Å². The summed E-state index contributed by atoms with van der Waals surface area (Å²) in [6, 6.07) is 0. The fraction of sp³-hybridized carbons (Fsp3) is 1.00. The number of hydrogen-bond acceptors (Lipinski definition) is 5. The lowest BCUT2D eigenvalue weighted by atomic mass is 10.5. The Morgan fingerprint density at radius 1 is 1.22 bits per heavy atom. The SMILES string of the molecule is CCCOC(CNCC1OCC(C)O1)OCCC. The summed E-state index contributed by atoms with van der Waals surface area (Å²) in [5, 5.41) is 3.27. The summed E-state index contributed by atoms with van der Waals surface area (Å²) in [6.45, 7) is 9.65. The van der Waals surface area contributed by atoms with Crippen LogP contribution in [0.5, 0.6) is 0 Å². The van der Waals surface area contributed by atoms with Crippen LogP contribution in [0.3, 0.4) is 0 Å². The van der Waals surface area contributed by atoms with Gasteiger partial charge in [-0.2, -0.15) is 0 Å². The summed E-state index contributed by atoms with van der Waals surface area (Å²) in [6.07, 6.45) is 1.87. The quantitative estimate of drug-likeness (QED) is 0.604. The first kappa shape index (κ1) is 15.9. The van der Waals surface area contributed by atoms with Crippen molar-refractivity contribution in [2.75, 3.05) is 32.9 Å². The molecule has 0 aliphatic carbocycles. The van der Waals surface area contributed by atoms with Gasteiger partial charge in [-0.25, -0.2) is 0 Å². The van der Waals surface area contributed by atoms with Crippen LogP contribution in [0.1, 0.15) is 33.6 Å². The average molecular weight is 261 g/mol. The number of rotatable bonds is 10. The molecule has 0 saturated carbocycles. The maximum absolute atomic E-state index is 5.61. The second-order valence-corrected chi connectivity index (χ2v) is 4.54. The Bertz CT molecular complexity index is 195. The molecule has 1 N–H and O–H groups in total. The lowest BCUT2D eigenvalue weighted by Gasteiger charge is -2.19. The first-order chi connectivity index (χ1) is 8.76. The Kier molecular flexibility index (Phi) is 8.54. The molecule has 18 heavy (non-hydrogen) atoms. The molecule has 0 aromatic carbocycles. The topological polar surface area (TPSA) is 49.0 Å². The van der Waals surface area contributed by atoms with E-state index in [9.17, 15) is 0 Å². The van der Waals surface area contributed by atoms with Gasteiger partial charge in [0.2, 0.25) is 0 Å². The molecule has 1 aliphatic heterocycles. The van der Waals surface area contributed by atoms with Crippen molar-refractivity contribution in [3.63, 3.8) is 0 Å². The molecule has 0 aromatic heterocycles. The zero-order chi connectivity index (χ0) is 13.2. The van der Waals surface area contributed by atoms with Crippen LogP contribution in [-0.2, 0) is 18.9 Å². The van der Waals surface area contributed by atoms with Crippen LogP contribution in [-0.4, -0.2) is 51.6 Å². The maximum atomic E-state index is 5.61. The van der Waals surface area contributed by atoms with E-state index in [1.54, 1.807) is 0 Å². The average Bonchev–Trinajstić information content (AvgIpc) is 2.78. The van der Waals surface area contributed by atoms with E-state index in [1.165, 1.54) is 0 Å². The second kappa shape index (κ2) is 9.69. The summed E-state index contributed by atoms with van der Waals surface area (Å²) in [7, 11) is 0. The van der Waals surface area contributed by atoms with E-state index >= 15 is 0 Å². The number of ether oxygens (including phenoxy) is 4. The monoisotopic (exact) mass is 261 g/mol. The fourth-order valence-electron chi connectivity index (χ4n) is 1.67. The van der Waals surface area contributed by atoms with Gasteiger partial charge >= 0.3 is 0 Å². The molecule has 1 heterocycles. The molecule has 0 amide bonds. The predicted octanol–water partition coefficient (Wildman–Crippen LogP) is 1.52. The largest absolute Gasteiger partial charge is 0.351 e. The normalized spacial score (nSPS) is 24.0. The first-order valence-corrected chi connectivity index (χ1v) is 6.97. The molecule has 5 heteroatoms. The highest BCUT2D eigenvalue weighted by atomic mass is 16.7. The molecule has 1 saturated heterocycles. The molecule has 1 aliphatic rings. The van der Waals surface area contributed by atoms with Crippen LogP contribution in [0.15, 0.2) is 0 Å². The van der Waals surface area contributed by atoms with Crippen LogP contribution >= 0.6 is 0 Å². The molecule has 1 fully saturated rings. The molecule has 2 unspecified atom stereocenters. The summed E-state index contributed by atoms with van der Waals surface area (Å²) in [4.78, 5) is 0. The molecule has 1 rings (SSSR count). The molecule has 108 valence electrons. The minimum absolute atomic E-state index is 0.141. The standard InChI is InChI=1S/C13H27NO4/c1-4-6-15-12(16-7-5-2)8-14-9-13-17-10-11(3)18-13/h11-14H,4-10H2,1-3H3. The highest BCUT2D eigenvalue weighted by Crippen LogP contribution is 2.09. The summed E-state index contributed by atoms with van der Waals surface area (Å²) in [5.74, 6) is 0. The van der Waals surface area contributed by atoms with Crippen LogP contribution in [0.4, 0.5) is 0 Å². The Morgan fingerprint density at radius 2 is 1.89 bits per heavy atom. The van der Waals surface area contributed by atoms with Gasteiger partial charge in [0.15, 0.2) is 12.6 Å². The van der Waals surface area contributed by atoms with Gasteiger partial charge in [-0.05, 0) is 19.8 Å². The predicted molar refractivity (Wildman–Crippen MR) is 69.4 cm³/mol. The first-order valence-electron chi connectivity index (χ1n) is 6.97. The van der Waals surface area contributed by atoms with E-state index in [0.29, 0.717) is 19.7 Å². The van der Waals surface area contributed by atoms with Gasteiger partial charge in [-0.3, -0.25) is 0 Å². The highest BCUT2D eigenvalue weighted by molar-refractivity contribution is 4.63. The Balaban J connectivity index is 2.11. The van der Waals surface area contributed by atoms with Crippen molar-refractivity contribution in [2.45, 2.75) is 52.3 Å². The Hall–Kier alpha value is -0.200. The maximum Gasteiger partial charge on any atom is 0.170 e. The van der Waals surface area contributed by atoms with E-state index in [-0.39, 0.29) is 18.7 Å². The fourth-order valence-corrected chi connectivity index (χ4v) is 1.67. The molecule has 5 nitrogen and oxygen atoms in total. The van der Waals surface area contributed by atoms with Crippen molar-refractivity contribution in [3.8, 4) is 0 Å². The van der Waals surface area contributed by atoms with Gasteiger partial charge in [-0.1, -0.05) is 13.8 Å². The van der Waals surface area contributed by atoms with Crippen molar-refractivity contribution < 1.29 is 18.9 Å². The number of nitrogens with one attached hydrogen (secondary N) is 1. The molecule has 0 aromatic rings. The molecule has 2 atom stereocenters. The van der Waals surface area contributed by atoms with Crippen LogP contribution in [0.2, 0.25) is 0 Å². The smallest absolute Gasteiger partial charge is 0.170 e. The third-order valence-electron chi connectivity index (χ3n) is 2.54.